The molecule has 1 heterocycles. The van der Waals surface area contributed by atoms with Gasteiger partial charge in [0.2, 0.25) is 0 Å². The Morgan fingerprint density at radius 1 is 1.32 bits per heavy atom. The van der Waals surface area contributed by atoms with Crippen LogP contribution in [0.3, 0.4) is 0 Å². The molecule has 0 bridgehead atoms. The number of hydrogen-bond donors (Lipinski definition) is 2. The van der Waals surface area contributed by atoms with Gasteiger partial charge >= 0.3 is 0 Å². The lowest BCUT2D eigenvalue weighted by molar-refractivity contribution is 0.0946. The van der Waals surface area contributed by atoms with Gasteiger partial charge in [0.05, 0.1) is 5.02 Å². The second kappa shape index (κ2) is 4.91. The quantitative estimate of drug-likeness (QED) is 0.892. The van der Waals surface area contributed by atoms with E-state index in [9.17, 15) is 4.79 Å². The molecule has 98 valence electrons. The zero-order chi connectivity index (χ0) is 13.4. The fourth-order valence-corrected chi connectivity index (χ4v) is 2.66. The van der Waals surface area contributed by atoms with E-state index in [1.165, 1.54) is 0 Å². The van der Waals surface area contributed by atoms with Crippen molar-refractivity contribution < 1.29 is 4.79 Å². The van der Waals surface area contributed by atoms with Crippen LogP contribution in [-0.4, -0.2) is 16.9 Å². The standard InChI is InChI=1S/C14H12Cl2N2O/c15-8-5-13(17-7-8)14(19)18-12-6-10(12)9-3-1-2-4-11(9)16/h1-5,7,10,12,17H,6H2,(H,18,19)/t10-,12+/m0/s1. The first kappa shape index (κ1) is 12.6. The lowest BCUT2D eigenvalue weighted by Gasteiger charge is -2.05. The monoisotopic (exact) mass is 294 g/mol. The number of hydrogen-bond acceptors (Lipinski definition) is 1. The molecule has 0 spiro atoms. The number of H-pyrrole nitrogens is 1. The van der Waals surface area contributed by atoms with Gasteiger partial charge < -0.3 is 10.3 Å². The van der Waals surface area contributed by atoms with Gasteiger partial charge in [-0.3, -0.25) is 4.79 Å². The Morgan fingerprint density at radius 3 is 2.79 bits per heavy atom. The van der Waals surface area contributed by atoms with Crippen LogP contribution in [0.4, 0.5) is 0 Å². The highest BCUT2D eigenvalue weighted by atomic mass is 35.5. The number of aromatic nitrogens is 1. The van der Waals surface area contributed by atoms with Gasteiger partial charge in [-0.1, -0.05) is 41.4 Å². The summed E-state index contributed by atoms with van der Waals surface area (Å²) in [5.41, 5.74) is 1.58. The number of carbonyl (C=O) groups is 1. The number of nitrogens with one attached hydrogen (secondary N) is 2. The Kier molecular flexibility index (Phi) is 3.25. The first-order valence-corrected chi connectivity index (χ1v) is 6.80. The summed E-state index contributed by atoms with van der Waals surface area (Å²) in [6, 6.07) is 9.51. The molecule has 1 aromatic carbocycles. The highest BCUT2D eigenvalue weighted by molar-refractivity contribution is 6.31. The van der Waals surface area contributed by atoms with Crippen molar-refractivity contribution in [1.29, 1.82) is 0 Å². The van der Waals surface area contributed by atoms with Crippen molar-refractivity contribution >= 4 is 29.1 Å². The van der Waals surface area contributed by atoms with Gasteiger partial charge in [0.25, 0.3) is 5.91 Å². The Labute approximate surface area is 120 Å². The third-order valence-corrected chi connectivity index (χ3v) is 3.87. The molecule has 2 N–H and O–H groups in total. The molecule has 2 atom stereocenters. The van der Waals surface area contributed by atoms with Gasteiger partial charge in [-0.2, -0.15) is 0 Å². The molecule has 1 aliphatic carbocycles. The Morgan fingerprint density at radius 2 is 2.11 bits per heavy atom. The van der Waals surface area contributed by atoms with Crippen molar-refractivity contribution in [3.05, 3.63) is 57.8 Å². The fourth-order valence-electron chi connectivity index (χ4n) is 2.22. The molecule has 0 unspecified atom stereocenters. The maximum Gasteiger partial charge on any atom is 0.267 e. The average molecular weight is 295 g/mol. The van der Waals surface area contributed by atoms with E-state index in [1.54, 1.807) is 12.3 Å². The van der Waals surface area contributed by atoms with Crippen LogP contribution < -0.4 is 5.32 Å². The maximum atomic E-state index is 11.9. The largest absolute Gasteiger partial charge is 0.356 e. The minimum Gasteiger partial charge on any atom is -0.356 e. The van der Waals surface area contributed by atoms with Gasteiger partial charge in [-0.05, 0) is 24.1 Å². The number of halogens is 2. The van der Waals surface area contributed by atoms with Gasteiger partial charge in [0, 0.05) is 23.2 Å². The van der Waals surface area contributed by atoms with Crippen molar-refractivity contribution in [2.24, 2.45) is 0 Å². The van der Waals surface area contributed by atoms with E-state index in [1.807, 2.05) is 24.3 Å². The van der Waals surface area contributed by atoms with Crippen LogP contribution in [0.1, 0.15) is 28.4 Å². The maximum absolute atomic E-state index is 11.9. The van der Waals surface area contributed by atoms with E-state index < -0.39 is 0 Å². The van der Waals surface area contributed by atoms with E-state index in [4.69, 9.17) is 23.2 Å². The predicted octanol–water partition coefficient (Wildman–Crippen LogP) is 3.61. The molecule has 1 fully saturated rings. The molecule has 19 heavy (non-hydrogen) atoms. The molecule has 5 heteroatoms. The van der Waals surface area contributed by atoms with Crippen LogP contribution in [-0.2, 0) is 0 Å². The predicted molar refractivity (Wildman–Crippen MR) is 75.9 cm³/mol. The minimum absolute atomic E-state index is 0.133. The molecule has 1 amide bonds. The van der Waals surface area contributed by atoms with E-state index in [0.29, 0.717) is 16.6 Å². The fraction of sp³-hybridized carbons (Fsp3) is 0.214. The summed E-state index contributed by atoms with van der Waals surface area (Å²) in [6.45, 7) is 0. The van der Waals surface area contributed by atoms with Crippen LogP contribution in [0, 0.1) is 0 Å². The summed E-state index contributed by atoms with van der Waals surface area (Å²) >= 11 is 11.9. The van der Waals surface area contributed by atoms with Crippen molar-refractivity contribution in [2.45, 2.75) is 18.4 Å². The van der Waals surface area contributed by atoms with E-state index in [0.717, 1.165) is 17.0 Å². The van der Waals surface area contributed by atoms with Gasteiger partial charge in [-0.15, -0.1) is 0 Å². The molecule has 3 rings (SSSR count). The topological polar surface area (TPSA) is 44.9 Å². The molecule has 2 aromatic rings. The Hall–Kier alpha value is -1.45. The number of aromatic amines is 1. The van der Waals surface area contributed by atoms with Crippen molar-refractivity contribution in [2.75, 3.05) is 0 Å². The molecule has 0 radical (unpaired) electrons. The zero-order valence-corrected chi connectivity index (χ0v) is 11.5. The first-order valence-electron chi connectivity index (χ1n) is 6.04. The van der Waals surface area contributed by atoms with Crippen LogP contribution in [0.25, 0.3) is 0 Å². The van der Waals surface area contributed by atoms with Gasteiger partial charge in [0.1, 0.15) is 5.69 Å². The number of benzene rings is 1. The first-order chi connectivity index (χ1) is 9.15. The highest BCUT2D eigenvalue weighted by Crippen LogP contribution is 2.43. The second-order valence-electron chi connectivity index (χ2n) is 4.68. The van der Waals surface area contributed by atoms with Crippen LogP contribution >= 0.6 is 23.2 Å². The van der Waals surface area contributed by atoms with E-state index in [2.05, 4.69) is 10.3 Å². The molecule has 3 nitrogen and oxygen atoms in total. The number of amides is 1. The summed E-state index contributed by atoms with van der Waals surface area (Å²) in [6.07, 6.45) is 2.51. The minimum atomic E-state index is -0.133. The molecule has 1 saturated carbocycles. The molecule has 1 aliphatic rings. The Bertz CT molecular complexity index is 623. The number of carbonyl (C=O) groups excluding carboxylic acids is 1. The SMILES string of the molecule is O=C(N[C@@H]1C[C@H]1c1ccccc1Cl)c1cc(Cl)c[nH]1. The smallest absolute Gasteiger partial charge is 0.267 e. The normalized spacial score (nSPS) is 21.2. The van der Waals surface area contributed by atoms with Crippen molar-refractivity contribution in [1.82, 2.24) is 10.3 Å². The molecular formula is C14H12Cl2N2O. The van der Waals surface area contributed by atoms with Gasteiger partial charge in [-0.25, -0.2) is 0 Å². The molecule has 1 aromatic heterocycles. The average Bonchev–Trinajstić information content (AvgIpc) is 2.99. The summed E-state index contributed by atoms with van der Waals surface area (Å²) < 4.78 is 0. The molecule has 0 aliphatic heterocycles. The lowest BCUT2D eigenvalue weighted by atomic mass is 10.1. The van der Waals surface area contributed by atoms with Crippen LogP contribution in [0.2, 0.25) is 10.0 Å². The highest BCUT2D eigenvalue weighted by Gasteiger charge is 2.40. The van der Waals surface area contributed by atoms with Crippen molar-refractivity contribution in [3.63, 3.8) is 0 Å². The summed E-state index contributed by atoms with van der Waals surface area (Å²) in [7, 11) is 0. The Balaban J connectivity index is 1.65. The van der Waals surface area contributed by atoms with Gasteiger partial charge in [0.15, 0.2) is 0 Å². The van der Waals surface area contributed by atoms with Crippen molar-refractivity contribution in [3.8, 4) is 0 Å². The third kappa shape index (κ3) is 2.62. The molecular weight excluding hydrogens is 283 g/mol. The third-order valence-electron chi connectivity index (χ3n) is 3.30. The van der Waals surface area contributed by atoms with E-state index in [-0.39, 0.29) is 11.9 Å². The van der Waals surface area contributed by atoms with E-state index >= 15 is 0 Å². The lowest BCUT2D eigenvalue weighted by Crippen LogP contribution is -2.26. The zero-order valence-electron chi connectivity index (χ0n) is 9.99. The summed E-state index contributed by atoms with van der Waals surface area (Å²) in [5, 5.41) is 4.26. The summed E-state index contributed by atoms with van der Waals surface area (Å²) in [5.74, 6) is 0.175. The summed E-state index contributed by atoms with van der Waals surface area (Å²) in [4.78, 5) is 14.8. The number of rotatable bonds is 3. The van der Waals surface area contributed by atoms with Crippen LogP contribution in [0.15, 0.2) is 36.5 Å². The molecule has 0 saturated heterocycles. The van der Waals surface area contributed by atoms with Crippen LogP contribution in [0.5, 0.6) is 0 Å². The second-order valence-corrected chi connectivity index (χ2v) is 5.52.